The van der Waals surface area contributed by atoms with Crippen molar-refractivity contribution in [1.82, 2.24) is 19.6 Å². The highest BCUT2D eigenvalue weighted by Gasteiger charge is 2.43. The lowest BCUT2D eigenvalue weighted by Gasteiger charge is -2.37. The molecule has 1 atom stereocenters. The Morgan fingerprint density at radius 3 is 2.60 bits per heavy atom. The van der Waals surface area contributed by atoms with Crippen LogP contribution in [0.1, 0.15) is 55.1 Å². The highest BCUT2D eigenvalue weighted by Crippen LogP contribution is 2.50. The van der Waals surface area contributed by atoms with E-state index in [0.717, 1.165) is 33.8 Å². The van der Waals surface area contributed by atoms with Crippen LogP contribution in [0.5, 0.6) is 11.6 Å². The summed E-state index contributed by atoms with van der Waals surface area (Å²) in [4.78, 5) is 23.0. The van der Waals surface area contributed by atoms with Gasteiger partial charge in [-0.05, 0) is 28.7 Å². The van der Waals surface area contributed by atoms with Crippen molar-refractivity contribution in [3.05, 3.63) is 94.8 Å². The zero-order chi connectivity index (χ0) is 24.2. The van der Waals surface area contributed by atoms with Crippen molar-refractivity contribution in [3.8, 4) is 11.6 Å². The molecule has 2 aromatic carbocycles. The average Bonchev–Trinajstić information content (AvgIpc) is 3.25. The summed E-state index contributed by atoms with van der Waals surface area (Å²) in [5.74, 6) is 2.53. The average molecular weight is 467 g/mol. The zero-order valence-corrected chi connectivity index (χ0v) is 20.0. The summed E-state index contributed by atoms with van der Waals surface area (Å²) in [6.45, 7) is 4.21. The number of allylic oxidation sites excluding steroid dienone is 2. The summed E-state index contributed by atoms with van der Waals surface area (Å²) in [7, 11) is 1.65. The number of carbonyl (C=O) groups excluding carboxylic acids is 1. The Morgan fingerprint density at radius 1 is 1.09 bits per heavy atom. The lowest BCUT2D eigenvalue weighted by atomic mass is 9.70. The Morgan fingerprint density at radius 2 is 1.86 bits per heavy atom. The van der Waals surface area contributed by atoms with Gasteiger partial charge < -0.3 is 9.47 Å². The summed E-state index contributed by atoms with van der Waals surface area (Å²) in [5, 5.41) is 4.69. The van der Waals surface area contributed by atoms with E-state index in [4.69, 9.17) is 14.5 Å². The first-order chi connectivity index (χ1) is 16.9. The topological polar surface area (TPSA) is 78.6 Å². The number of ketones is 1. The highest BCUT2D eigenvalue weighted by molar-refractivity contribution is 6.00. The molecule has 0 N–H and O–H groups in total. The molecule has 0 saturated heterocycles. The number of Topliss-reactive ketones (excluding diaryl/α,β-unsaturated/α-hetero) is 1. The van der Waals surface area contributed by atoms with E-state index >= 15 is 0 Å². The molecule has 7 nitrogen and oxygen atoms in total. The minimum absolute atomic E-state index is 0.121. The van der Waals surface area contributed by atoms with Crippen LogP contribution in [0, 0.1) is 5.41 Å². The highest BCUT2D eigenvalue weighted by atomic mass is 16.5. The van der Waals surface area contributed by atoms with Gasteiger partial charge in [-0.1, -0.05) is 56.3 Å². The fourth-order valence-electron chi connectivity index (χ4n) is 5.17. The number of methoxy groups -OCH3 is 1. The van der Waals surface area contributed by atoms with Gasteiger partial charge in [-0.2, -0.15) is 0 Å². The largest absolute Gasteiger partial charge is 0.497 e. The second-order valence-electron chi connectivity index (χ2n) is 10.0. The Balaban J connectivity index is 1.49. The smallest absolute Gasteiger partial charge is 0.228 e. The van der Waals surface area contributed by atoms with Gasteiger partial charge >= 0.3 is 0 Å². The fraction of sp³-hybridized carbons (Fsp3) is 0.286. The lowest BCUT2D eigenvalue weighted by Crippen LogP contribution is -2.33. The molecule has 0 radical (unpaired) electrons. The molecule has 0 fully saturated rings. The molecule has 6 rings (SSSR count). The van der Waals surface area contributed by atoms with Crippen LogP contribution in [0.4, 0.5) is 0 Å². The SMILES string of the molecule is COc1ccc(Cc2nc3c4c(ncn3n2)OC2=C(C(=O)CC(C)(C)C2)[C@@H]4c2ccccc2)cc1. The van der Waals surface area contributed by atoms with E-state index in [1.54, 1.807) is 18.0 Å². The molecule has 35 heavy (non-hydrogen) atoms. The van der Waals surface area contributed by atoms with Crippen molar-refractivity contribution < 1.29 is 14.3 Å². The van der Waals surface area contributed by atoms with E-state index in [9.17, 15) is 4.79 Å². The maximum Gasteiger partial charge on any atom is 0.228 e. The van der Waals surface area contributed by atoms with Gasteiger partial charge in [0.25, 0.3) is 0 Å². The number of hydrogen-bond acceptors (Lipinski definition) is 6. The molecule has 2 aromatic heterocycles. The molecule has 176 valence electrons. The molecular formula is C28H26N4O3. The minimum Gasteiger partial charge on any atom is -0.497 e. The molecule has 1 aliphatic heterocycles. The van der Waals surface area contributed by atoms with Gasteiger partial charge in [-0.25, -0.2) is 14.5 Å². The Kier molecular flexibility index (Phi) is 4.95. The van der Waals surface area contributed by atoms with Gasteiger partial charge in [0.05, 0.1) is 12.7 Å². The van der Waals surface area contributed by atoms with Crippen molar-refractivity contribution in [3.63, 3.8) is 0 Å². The molecule has 2 aliphatic rings. The third-order valence-corrected chi connectivity index (χ3v) is 6.76. The predicted molar refractivity (Wildman–Crippen MR) is 131 cm³/mol. The quantitative estimate of drug-likeness (QED) is 0.426. The summed E-state index contributed by atoms with van der Waals surface area (Å²) in [5.41, 5.74) is 4.12. The first kappa shape index (κ1) is 21.5. The van der Waals surface area contributed by atoms with Crippen LogP contribution >= 0.6 is 0 Å². The second-order valence-corrected chi connectivity index (χ2v) is 10.0. The molecular weight excluding hydrogens is 440 g/mol. The Hall–Kier alpha value is -4.00. The van der Waals surface area contributed by atoms with E-state index in [0.29, 0.717) is 36.6 Å². The van der Waals surface area contributed by atoms with Gasteiger partial charge in [0.15, 0.2) is 17.3 Å². The summed E-state index contributed by atoms with van der Waals surface area (Å²) >= 11 is 0. The van der Waals surface area contributed by atoms with Crippen molar-refractivity contribution in [2.45, 2.75) is 39.0 Å². The monoisotopic (exact) mass is 466 g/mol. The van der Waals surface area contributed by atoms with Crippen molar-refractivity contribution >= 4 is 11.4 Å². The number of nitrogens with zero attached hydrogens (tertiary/aromatic N) is 4. The van der Waals surface area contributed by atoms with Gasteiger partial charge in [0.2, 0.25) is 5.88 Å². The number of aromatic nitrogens is 4. The molecule has 0 saturated carbocycles. The van der Waals surface area contributed by atoms with Gasteiger partial charge in [0.1, 0.15) is 17.8 Å². The van der Waals surface area contributed by atoms with Crippen LogP contribution in [0.2, 0.25) is 0 Å². The predicted octanol–water partition coefficient (Wildman–Crippen LogP) is 4.89. The first-order valence-electron chi connectivity index (χ1n) is 11.8. The van der Waals surface area contributed by atoms with Gasteiger partial charge in [-0.3, -0.25) is 4.79 Å². The van der Waals surface area contributed by atoms with Crippen LogP contribution in [-0.2, 0) is 11.2 Å². The van der Waals surface area contributed by atoms with E-state index in [2.05, 4.69) is 36.1 Å². The van der Waals surface area contributed by atoms with Gasteiger partial charge in [0, 0.05) is 30.8 Å². The zero-order valence-electron chi connectivity index (χ0n) is 20.0. The van der Waals surface area contributed by atoms with Gasteiger partial charge in [-0.15, -0.1) is 5.10 Å². The molecule has 0 amide bonds. The van der Waals surface area contributed by atoms with Crippen molar-refractivity contribution in [2.24, 2.45) is 5.41 Å². The van der Waals surface area contributed by atoms with E-state index in [1.165, 1.54) is 0 Å². The molecule has 7 heteroatoms. The van der Waals surface area contributed by atoms with Crippen molar-refractivity contribution in [2.75, 3.05) is 7.11 Å². The van der Waals surface area contributed by atoms with Crippen LogP contribution in [-0.4, -0.2) is 32.5 Å². The molecule has 0 unspecified atom stereocenters. The lowest BCUT2D eigenvalue weighted by molar-refractivity contribution is -0.118. The van der Waals surface area contributed by atoms with Crippen molar-refractivity contribution in [1.29, 1.82) is 0 Å². The second kappa shape index (κ2) is 8.05. The molecule has 0 bridgehead atoms. The third kappa shape index (κ3) is 3.77. The number of benzene rings is 2. The number of hydrogen-bond donors (Lipinski definition) is 0. The maximum atomic E-state index is 13.5. The van der Waals surface area contributed by atoms with E-state index in [1.807, 2.05) is 42.5 Å². The number of fused-ring (bicyclic) bond motifs is 3. The summed E-state index contributed by atoms with van der Waals surface area (Å²) in [6.07, 6.45) is 3.39. The summed E-state index contributed by atoms with van der Waals surface area (Å²) in [6, 6.07) is 17.9. The minimum atomic E-state index is -0.298. The molecule has 1 aliphatic carbocycles. The van der Waals surface area contributed by atoms with Crippen LogP contribution in [0.15, 0.2) is 72.3 Å². The number of carbonyl (C=O) groups is 1. The van der Waals surface area contributed by atoms with Crippen LogP contribution < -0.4 is 9.47 Å². The van der Waals surface area contributed by atoms with E-state index in [-0.39, 0.29) is 17.1 Å². The van der Waals surface area contributed by atoms with Crippen LogP contribution in [0.25, 0.3) is 5.65 Å². The standard InChI is InChI=1S/C28H26N4O3/c1-28(2)14-20(33)24-21(15-28)35-27-25(23(24)18-7-5-4-6-8-18)26-30-22(31-32(26)16-29-27)13-17-9-11-19(34-3)12-10-17/h4-12,16,23H,13-15H2,1-3H3/t23-/m0/s1. The fourth-order valence-corrected chi connectivity index (χ4v) is 5.17. The molecule has 3 heterocycles. The Bertz CT molecular complexity index is 1470. The molecule has 4 aromatic rings. The van der Waals surface area contributed by atoms with E-state index < -0.39 is 0 Å². The number of ether oxygens (including phenoxy) is 2. The first-order valence-corrected chi connectivity index (χ1v) is 11.8. The normalized spacial score (nSPS) is 18.7. The molecule has 0 spiro atoms. The maximum absolute atomic E-state index is 13.5. The Labute approximate surface area is 203 Å². The number of rotatable bonds is 4. The third-order valence-electron chi connectivity index (χ3n) is 6.76. The summed E-state index contributed by atoms with van der Waals surface area (Å²) < 4.78 is 13.3. The van der Waals surface area contributed by atoms with Crippen LogP contribution in [0.3, 0.4) is 0 Å².